The van der Waals surface area contributed by atoms with Crippen molar-refractivity contribution in [3.05, 3.63) is 29.8 Å². The van der Waals surface area contributed by atoms with Gasteiger partial charge < -0.3 is 14.7 Å². The fraction of sp³-hybridized carbons (Fsp3) is 0.529. The van der Waals surface area contributed by atoms with Crippen molar-refractivity contribution in [2.45, 2.75) is 45.8 Å². The molecule has 0 aliphatic carbocycles. The minimum Gasteiger partial charge on any atom is -0.481 e. The van der Waals surface area contributed by atoms with E-state index in [9.17, 15) is 14.7 Å². The number of aryl methyl sites for hydroxylation is 1. The molecule has 1 heterocycles. The van der Waals surface area contributed by atoms with Crippen molar-refractivity contribution in [1.29, 1.82) is 0 Å². The number of aliphatic carboxylic acids is 1. The molecule has 1 aliphatic rings. The second-order valence-electron chi connectivity index (χ2n) is 5.84. The summed E-state index contributed by atoms with van der Waals surface area (Å²) in [6.07, 6.45) is 0.480. The number of hydrogen-bond acceptors (Lipinski definition) is 3. The van der Waals surface area contributed by atoms with Crippen LogP contribution in [0.3, 0.4) is 0 Å². The van der Waals surface area contributed by atoms with Gasteiger partial charge in [0.15, 0.2) is 6.10 Å². The van der Waals surface area contributed by atoms with Crippen LogP contribution in [0.5, 0.6) is 5.75 Å². The molecule has 5 nitrogen and oxygen atoms in total. The first kappa shape index (κ1) is 16.3. The Kier molecular flexibility index (Phi) is 5.06. The molecule has 3 atom stereocenters. The first-order valence-corrected chi connectivity index (χ1v) is 7.70. The molecule has 0 radical (unpaired) electrons. The molecule has 1 aromatic rings. The summed E-state index contributed by atoms with van der Waals surface area (Å²) in [4.78, 5) is 25.5. The molecule has 120 valence electrons. The molecule has 0 saturated carbocycles. The highest BCUT2D eigenvalue weighted by molar-refractivity contribution is 5.83. The minimum absolute atomic E-state index is 0.125. The molecule has 2 rings (SSSR count). The lowest BCUT2D eigenvalue weighted by molar-refractivity contribution is -0.144. The lowest BCUT2D eigenvalue weighted by Crippen LogP contribution is -2.45. The van der Waals surface area contributed by atoms with Crippen molar-refractivity contribution in [3.8, 4) is 5.75 Å². The number of hydrogen-bond donors (Lipinski definition) is 1. The summed E-state index contributed by atoms with van der Waals surface area (Å²) >= 11 is 0. The van der Waals surface area contributed by atoms with E-state index in [-0.39, 0.29) is 11.9 Å². The Labute approximate surface area is 130 Å². The number of carboxylic acids is 1. The summed E-state index contributed by atoms with van der Waals surface area (Å²) in [7, 11) is 0. The minimum atomic E-state index is -0.838. The molecular weight excluding hydrogens is 282 g/mol. The molecule has 1 aromatic carbocycles. The van der Waals surface area contributed by atoms with Crippen molar-refractivity contribution in [1.82, 2.24) is 4.90 Å². The Hall–Kier alpha value is -2.04. The quantitative estimate of drug-likeness (QED) is 0.907. The van der Waals surface area contributed by atoms with Crippen molar-refractivity contribution < 1.29 is 19.4 Å². The van der Waals surface area contributed by atoms with Gasteiger partial charge in [-0.2, -0.15) is 0 Å². The Balaban J connectivity index is 2.08. The highest BCUT2D eigenvalue weighted by atomic mass is 16.5. The lowest BCUT2D eigenvalue weighted by Gasteiger charge is -2.27. The molecule has 1 saturated heterocycles. The fourth-order valence-electron chi connectivity index (χ4n) is 2.93. The summed E-state index contributed by atoms with van der Waals surface area (Å²) in [5.74, 6) is -0.780. The number of nitrogens with zero attached hydrogens (tertiary/aromatic N) is 1. The SMILES string of the molecule is CCC(Oc1cccc(C)c1)C(=O)N1CCC(C(=O)O)C1C. The Bertz CT molecular complexity index is 557. The van der Waals surface area contributed by atoms with Gasteiger partial charge in [0.1, 0.15) is 5.75 Å². The molecular formula is C17H23NO4. The summed E-state index contributed by atoms with van der Waals surface area (Å²) < 4.78 is 5.82. The second-order valence-corrected chi connectivity index (χ2v) is 5.84. The molecule has 1 N–H and O–H groups in total. The number of carbonyl (C=O) groups excluding carboxylic acids is 1. The number of carbonyl (C=O) groups is 2. The van der Waals surface area contributed by atoms with Gasteiger partial charge in [-0.15, -0.1) is 0 Å². The molecule has 1 fully saturated rings. The van der Waals surface area contributed by atoms with Crippen molar-refractivity contribution >= 4 is 11.9 Å². The average molecular weight is 305 g/mol. The number of likely N-dealkylation sites (tertiary alicyclic amines) is 1. The molecule has 0 aromatic heterocycles. The van der Waals surface area contributed by atoms with E-state index in [2.05, 4.69) is 0 Å². The zero-order valence-corrected chi connectivity index (χ0v) is 13.3. The number of carboxylic acid groups (broad SMARTS) is 1. The van der Waals surface area contributed by atoms with E-state index < -0.39 is 18.0 Å². The topological polar surface area (TPSA) is 66.8 Å². The highest BCUT2D eigenvalue weighted by Crippen LogP contribution is 2.26. The second kappa shape index (κ2) is 6.81. The maximum atomic E-state index is 12.7. The van der Waals surface area contributed by atoms with E-state index in [1.165, 1.54) is 0 Å². The zero-order chi connectivity index (χ0) is 16.3. The van der Waals surface area contributed by atoms with Crippen molar-refractivity contribution in [3.63, 3.8) is 0 Å². The van der Waals surface area contributed by atoms with Gasteiger partial charge in [-0.3, -0.25) is 9.59 Å². The number of benzene rings is 1. The predicted molar refractivity (Wildman–Crippen MR) is 82.8 cm³/mol. The van der Waals surface area contributed by atoms with Crippen LogP contribution < -0.4 is 4.74 Å². The fourth-order valence-corrected chi connectivity index (χ4v) is 2.93. The molecule has 0 bridgehead atoms. The standard InChI is InChI=1S/C17H23NO4/c1-4-15(22-13-7-5-6-11(2)10-13)16(19)18-9-8-14(12(18)3)17(20)21/h5-7,10,12,14-15H,4,8-9H2,1-3H3,(H,20,21). The monoisotopic (exact) mass is 305 g/mol. The van der Waals surface area contributed by atoms with E-state index in [1.54, 1.807) is 11.8 Å². The van der Waals surface area contributed by atoms with Crippen LogP contribution in [0.15, 0.2) is 24.3 Å². The van der Waals surface area contributed by atoms with Gasteiger partial charge in [0, 0.05) is 12.6 Å². The Morgan fingerprint density at radius 1 is 1.45 bits per heavy atom. The van der Waals surface area contributed by atoms with Crippen LogP contribution in [0, 0.1) is 12.8 Å². The van der Waals surface area contributed by atoms with Gasteiger partial charge in [0.05, 0.1) is 5.92 Å². The number of amides is 1. The first-order valence-electron chi connectivity index (χ1n) is 7.70. The predicted octanol–water partition coefficient (Wildman–Crippen LogP) is 2.47. The zero-order valence-electron chi connectivity index (χ0n) is 13.3. The summed E-state index contributed by atoms with van der Waals surface area (Å²) in [5.41, 5.74) is 1.07. The molecule has 1 aliphatic heterocycles. The largest absolute Gasteiger partial charge is 0.481 e. The van der Waals surface area contributed by atoms with Crippen LogP contribution in [0.1, 0.15) is 32.3 Å². The lowest BCUT2D eigenvalue weighted by atomic mass is 10.0. The van der Waals surface area contributed by atoms with Crippen LogP contribution >= 0.6 is 0 Å². The van der Waals surface area contributed by atoms with E-state index in [0.29, 0.717) is 25.1 Å². The molecule has 1 amide bonds. The van der Waals surface area contributed by atoms with Gasteiger partial charge in [-0.1, -0.05) is 19.1 Å². The van der Waals surface area contributed by atoms with Crippen molar-refractivity contribution in [2.75, 3.05) is 6.54 Å². The third-order valence-electron chi connectivity index (χ3n) is 4.27. The Morgan fingerprint density at radius 2 is 2.18 bits per heavy atom. The maximum Gasteiger partial charge on any atom is 0.308 e. The molecule has 0 spiro atoms. The average Bonchev–Trinajstić information content (AvgIpc) is 2.86. The molecule has 22 heavy (non-hydrogen) atoms. The summed E-state index contributed by atoms with van der Waals surface area (Å²) in [6.45, 7) is 6.14. The van der Waals surface area contributed by atoms with Gasteiger partial charge in [0.25, 0.3) is 5.91 Å². The Morgan fingerprint density at radius 3 is 2.73 bits per heavy atom. The smallest absolute Gasteiger partial charge is 0.308 e. The van der Waals surface area contributed by atoms with Gasteiger partial charge in [-0.25, -0.2) is 0 Å². The van der Waals surface area contributed by atoms with Gasteiger partial charge >= 0.3 is 5.97 Å². The highest BCUT2D eigenvalue weighted by Gasteiger charge is 2.40. The molecule has 3 unspecified atom stereocenters. The van der Waals surface area contributed by atoms with Crippen LogP contribution in [-0.2, 0) is 9.59 Å². The van der Waals surface area contributed by atoms with Gasteiger partial charge in [0.2, 0.25) is 0 Å². The summed E-state index contributed by atoms with van der Waals surface area (Å²) in [6, 6.07) is 7.29. The van der Waals surface area contributed by atoms with Crippen LogP contribution in [0.4, 0.5) is 0 Å². The number of ether oxygens (including phenoxy) is 1. The van der Waals surface area contributed by atoms with Crippen molar-refractivity contribution in [2.24, 2.45) is 5.92 Å². The first-order chi connectivity index (χ1) is 10.4. The normalized spacial score (nSPS) is 22.4. The van der Waals surface area contributed by atoms with E-state index in [0.717, 1.165) is 5.56 Å². The van der Waals surface area contributed by atoms with E-state index in [1.807, 2.05) is 38.1 Å². The van der Waals surface area contributed by atoms with Gasteiger partial charge in [-0.05, 0) is 44.4 Å². The van der Waals surface area contributed by atoms with Crippen LogP contribution in [-0.4, -0.2) is 40.6 Å². The summed E-state index contributed by atoms with van der Waals surface area (Å²) in [5, 5.41) is 9.18. The van der Waals surface area contributed by atoms with E-state index in [4.69, 9.17) is 4.74 Å². The van der Waals surface area contributed by atoms with Crippen LogP contribution in [0.25, 0.3) is 0 Å². The third kappa shape index (κ3) is 3.40. The molecule has 5 heteroatoms. The van der Waals surface area contributed by atoms with Crippen LogP contribution in [0.2, 0.25) is 0 Å². The maximum absolute atomic E-state index is 12.7. The number of rotatable bonds is 5. The third-order valence-corrected chi connectivity index (χ3v) is 4.27. The van der Waals surface area contributed by atoms with E-state index >= 15 is 0 Å².